The van der Waals surface area contributed by atoms with Gasteiger partial charge in [0, 0.05) is 24.4 Å². The summed E-state index contributed by atoms with van der Waals surface area (Å²) in [4.78, 5) is 12.3. The molecule has 5 nitrogen and oxygen atoms in total. The van der Waals surface area contributed by atoms with Crippen molar-refractivity contribution < 1.29 is 14.6 Å². The topological polar surface area (TPSA) is 70.6 Å². The van der Waals surface area contributed by atoms with Crippen LogP contribution in [-0.2, 0) is 11.3 Å². The number of hydrogen-bond acceptors (Lipinski definition) is 4. The van der Waals surface area contributed by atoms with Crippen molar-refractivity contribution >= 4 is 22.4 Å². The van der Waals surface area contributed by atoms with Crippen molar-refractivity contribution in [1.82, 2.24) is 5.32 Å². The summed E-state index contributed by atoms with van der Waals surface area (Å²) in [6.07, 6.45) is 0.694. The van der Waals surface area contributed by atoms with Crippen LogP contribution in [0.2, 0.25) is 0 Å². The molecule has 0 spiro atoms. The normalized spacial score (nSPS) is 10.8. The number of hydrogen-bond donors (Lipinski definition) is 3. The molecule has 146 valence electrons. The average molecular weight is 378 g/mol. The van der Waals surface area contributed by atoms with Crippen LogP contribution in [0, 0.1) is 6.92 Å². The van der Waals surface area contributed by atoms with Gasteiger partial charge in [-0.25, -0.2) is 0 Å². The molecule has 0 saturated heterocycles. The number of benzene rings is 3. The molecule has 3 aromatic rings. The summed E-state index contributed by atoms with van der Waals surface area (Å²) in [5.74, 6) is 0.491. The first-order valence-electron chi connectivity index (χ1n) is 9.49. The zero-order valence-electron chi connectivity index (χ0n) is 16.1. The fourth-order valence-corrected chi connectivity index (χ4v) is 3.03. The fraction of sp³-hybridized carbons (Fsp3) is 0.261. The number of carbonyl (C=O) groups is 1. The second-order valence-corrected chi connectivity index (χ2v) is 6.72. The van der Waals surface area contributed by atoms with Gasteiger partial charge in [0.2, 0.25) is 0 Å². The minimum atomic E-state index is -0.198. The molecule has 1 amide bonds. The van der Waals surface area contributed by atoms with Crippen LogP contribution < -0.4 is 15.4 Å². The van der Waals surface area contributed by atoms with E-state index in [9.17, 15) is 4.79 Å². The van der Waals surface area contributed by atoms with E-state index in [1.54, 1.807) is 0 Å². The Morgan fingerprint density at radius 1 is 1.04 bits per heavy atom. The molecule has 0 fully saturated rings. The molecular formula is C23H26N2O3. The number of amides is 1. The number of aliphatic hydroxyl groups is 1. The smallest absolute Gasteiger partial charge is 0.262 e. The second kappa shape index (κ2) is 9.88. The largest absolute Gasteiger partial charge is 0.483 e. The van der Waals surface area contributed by atoms with Crippen molar-refractivity contribution in [2.45, 2.75) is 19.9 Å². The van der Waals surface area contributed by atoms with Crippen molar-refractivity contribution in [3.8, 4) is 5.75 Å². The highest BCUT2D eigenvalue weighted by Gasteiger charge is 2.11. The molecule has 28 heavy (non-hydrogen) atoms. The molecule has 0 heterocycles. The number of aryl methyl sites for hydroxylation is 1. The van der Waals surface area contributed by atoms with Gasteiger partial charge in [-0.2, -0.15) is 0 Å². The first-order chi connectivity index (χ1) is 13.7. The Morgan fingerprint density at radius 3 is 2.61 bits per heavy atom. The maximum atomic E-state index is 12.3. The summed E-state index contributed by atoms with van der Waals surface area (Å²) in [6.45, 7) is 3.43. The molecule has 5 heteroatoms. The van der Waals surface area contributed by atoms with E-state index < -0.39 is 0 Å². The van der Waals surface area contributed by atoms with Gasteiger partial charge in [0.25, 0.3) is 5.91 Å². The molecule has 0 unspecified atom stereocenters. The lowest BCUT2D eigenvalue weighted by molar-refractivity contribution is -0.118. The van der Waals surface area contributed by atoms with E-state index in [4.69, 9.17) is 9.84 Å². The van der Waals surface area contributed by atoms with Gasteiger partial charge in [-0.3, -0.25) is 4.79 Å². The summed E-state index contributed by atoms with van der Waals surface area (Å²) in [5, 5.41) is 17.4. The van der Waals surface area contributed by atoms with E-state index in [1.165, 1.54) is 0 Å². The lowest BCUT2D eigenvalue weighted by atomic mass is 10.0. The molecule has 3 rings (SSSR count). The van der Waals surface area contributed by atoms with Crippen molar-refractivity contribution in [1.29, 1.82) is 0 Å². The Morgan fingerprint density at radius 2 is 1.82 bits per heavy atom. The van der Waals surface area contributed by atoms with E-state index in [2.05, 4.69) is 22.8 Å². The van der Waals surface area contributed by atoms with Crippen molar-refractivity contribution in [2.24, 2.45) is 0 Å². The molecule has 0 radical (unpaired) electrons. The number of ether oxygens (including phenoxy) is 1. The number of fused-ring (bicyclic) bond motifs is 1. The highest BCUT2D eigenvalue weighted by atomic mass is 16.5. The summed E-state index contributed by atoms with van der Waals surface area (Å²) < 4.78 is 5.86. The Labute approximate surface area is 165 Å². The summed E-state index contributed by atoms with van der Waals surface area (Å²) in [5.41, 5.74) is 2.91. The maximum absolute atomic E-state index is 12.3. The third-order valence-corrected chi connectivity index (χ3v) is 4.51. The summed E-state index contributed by atoms with van der Waals surface area (Å²) in [6, 6.07) is 19.7. The highest BCUT2D eigenvalue weighted by molar-refractivity contribution is 5.92. The highest BCUT2D eigenvalue weighted by Crippen LogP contribution is 2.28. The third-order valence-electron chi connectivity index (χ3n) is 4.51. The Kier molecular flexibility index (Phi) is 7.00. The molecule has 0 aromatic heterocycles. The Balaban J connectivity index is 1.70. The van der Waals surface area contributed by atoms with Crippen LogP contribution in [0.25, 0.3) is 10.8 Å². The van der Waals surface area contributed by atoms with E-state index in [1.807, 2.05) is 55.5 Å². The average Bonchev–Trinajstić information content (AvgIpc) is 2.72. The Bertz CT molecular complexity index is 923. The summed E-state index contributed by atoms with van der Waals surface area (Å²) in [7, 11) is 0. The van der Waals surface area contributed by atoms with E-state index in [0.717, 1.165) is 27.6 Å². The van der Waals surface area contributed by atoms with Gasteiger partial charge >= 0.3 is 0 Å². The van der Waals surface area contributed by atoms with Crippen LogP contribution in [0.1, 0.15) is 17.5 Å². The lowest BCUT2D eigenvalue weighted by Gasteiger charge is -2.15. The fourth-order valence-electron chi connectivity index (χ4n) is 3.03. The summed E-state index contributed by atoms with van der Waals surface area (Å²) >= 11 is 0. The number of anilines is 1. The van der Waals surface area contributed by atoms with Gasteiger partial charge in [-0.1, -0.05) is 48.0 Å². The maximum Gasteiger partial charge on any atom is 0.262 e. The molecule has 0 aliphatic heterocycles. The monoisotopic (exact) mass is 378 g/mol. The van der Waals surface area contributed by atoms with Crippen molar-refractivity contribution in [3.05, 3.63) is 71.8 Å². The first kappa shape index (κ1) is 19.9. The molecule has 0 aliphatic rings. The first-order valence-corrected chi connectivity index (χ1v) is 9.49. The molecule has 3 aromatic carbocycles. The van der Waals surface area contributed by atoms with Crippen LogP contribution in [-0.4, -0.2) is 30.8 Å². The predicted octanol–water partition coefficient (Wildman–Crippen LogP) is 3.64. The molecule has 0 saturated carbocycles. The quantitative estimate of drug-likeness (QED) is 0.497. The van der Waals surface area contributed by atoms with Crippen LogP contribution in [0.5, 0.6) is 5.75 Å². The number of nitrogens with one attached hydrogen (secondary N) is 2. The van der Waals surface area contributed by atoms with Crippen molar-refractivity contribution in [2.75, 3.05) is 25.1 Å². The van der Waals surface area contributed by atoms with Crippen LogP contribution in [0.15, 0.2) is 60.7 Å². The molecule has 0 aliphatic carbocycles. The molecule has 3 N–H and O–H groups in total. The van der Waals surface area contributed by atoms with E-state index in [-0.39, 0.29) is 19.1 Å². The molecular weight excluding hydrogens is 352 g/mol. The van der Waals surface area contributed by atoms with Gasteiger partial charge in [0.05, 0.1) is 0 Å². The predicted molar refractivity (Wildman–Crippen MR) is 113 cm³/mol. The van der Waals surface area contributed by atoms with Crippen LogP contribution >= 0.6 is 0 Å². The lowest BCUT2D eigenvalue weighted by Crippen LogP contribution is -2.21. The number of rotatable bonds is 9. The minimum absolute atomic E-state index is 0.0597. The zero-order valence-corrected chi connectivity index (χ0v) is 16.1. The van der Waals surface area contributed by atoms with E-state index >= 15 is 0 Å². The van der Waals surface area contributed by atoms with Gasteiger partial charge in [0.15, 0.2) is 6.61 Å². The third kappa shape index (κ3) is 5.31. The zero-order chi connectivity index (χ0) is 19.8. The van der Waals surface area contributed by atoms with Gasteiger partial charge < -0.3 is 20.5 Å². The van der Waals surface area contributed by atoms with Gasteiger partial charge in [-0.05, 0) is 48.9 Å². The van der Waals surface area contributed by atoms with Crippen LogP contribution in [0.4, 0.5) is 5.69 Å². The molecule has 0 bridgehead atoms. The second-order valence-electron chi connectivity index (χ2n) is 6.72. The van der Waals surface area contributed by atoms with Crippen molar-refractivity contribution in [3.63, 3.8) is 0 Å². The Hall–Kier alpha value is -2.89. The number of carbonyl (C=O) groups excluding carboxylic acids is 1. The molecule has 0 atom stereocenters. The van der Waals surface area contributed by atoms with Crippen LogP contribution in [0.3, 0.4) is 0 Å². The van der Waals surface area contributed by atoms with Gasteiger partial charge in [-0.15, -0.1) is 0 Å². The van der Waals surface area contributed by atoms with E-state index in [0.29, 0.717) is 25.3 Å². The number of aliphatic hydroxyl groups excluding tert-OH is 1. The minimum Gasteiger partial charge on any atom is -0.483 e. The van der Waals surface area contributed by atoms with Gasteiger partial charge in [0.1, 0.15) is 5.75 Å². The SMILES string of the molecule is Cc1ccc(NC(=O)COc2ccc3ccccc3c2CNCCCO)cc1. The standard InChI is InChI=1S/C23H26N2O3/c1-17-7-10-19(11-8-17)25-23(27)16-28-22-12-9-18-5-2-3-6-20(18)21(22)15-24-13-4-14-26/h2-3,5-12,24,26H,4,13-16H2,1H3,(H,25,27).